The Kier molecular flexibility index (Phi) is 8.08. The molecule has 2 heterocycles. The predicted molar refractivity (Wildman–Crippen MR) is 123 cm³/mol. The summed E-state index contributed by atoms with van der Waals surface area (Å²) < 4.78 is 27.4. The summed E-state index contributed by atoms with van der Waals surface area (Å²) in [5.74, 6) is -2.37. The fourth-order valence-corrected chi connectivity index (χ4v) is 4.18. The Labute approximate surface area is 192 Å². The smallest absolute Gasteiger partial charge is 0.267 e. The highest BCUT2D eigenvalue weighted by Crippen LogP contribution is 2.33. The van der Waals surface area contributed by atoms with E-state index < -0.39 is 23.6 Å². The number of hydrazone groups is 1. The number of hydrogen-bond acceptors (Lipinski definition) is 5. The molecule has 33 heavy (non-hydrogen) atoms. The average molecular weight is 458 g/mol. The minimum absolute atomic E-state index is 0.150. The molecule has 1 atom stereocenters. The minimum atomic E-state index is -0.677. The lowest BCUT2D eigenvalue weighted by Crippen LogP contribution is -2.40. The zero-order valence-electron chi connectivity index (χ0n) is 18.9. The van der Waals surface area contributed by atoms with Crippen molar-refractivity contribution in [3.8, 4) is 0 Å². The summed E-state index contributed by atoms with van der Waals surface area (Å²) >= 11 is 0. The summed E-state index contributed by atoms with van der Waals surface area (Å²) in [6, 6.07) is 2.79. The minimum Gasteiger partial charge on any atom is -0.372 e. The molecule has 2 N–H and O–H groups in total. The number of allylic oxidation sites excluding steroid dienone is 2. The van der Waals surface area contributed by atoms with E-state index >= 15 is 0 Å². The Hall–Kier alpha value is -3.36. The van der Waals surface area contributed by atoms with Crippen LogP contribution < -0.4 is 5.73 Å². The molecule has 0 saturated carbocycles. The fourth-order valence-electron chi connectivity index (χ4n) is 4.18. The van der Waals surface area contributed by atoms with Crippen molar-refractivity contribution in [1.82, 2.24) is 9.91 Å². The lowest BCUT2D eigenvalue weighted by atomic mass is 9.94. The van der Waals surface area contributed by atoms with E-state index in [-0.39, 0.29) is 17.5 Å². The van der Waals surface area contributed by atoms with Gasteiger partial charge in [0, 0.05) is 49.6 Å². The molecule has 2 aliphatic rings. The van der Waals surface area contributed by atoms with Crippen LogP contribution in [0.2, 0.25) is 0 Å². The number of amides is 2. The van der Waals surface area contributed by atoms with Crippen molar-refractivity contribution in [2.24, 2.45) is 21.7 Å². The lowest BCUT2D eigenvalue weighted by Gasteiger charge is -2.35. The number of likely N-dealkylation sites (tertiary alicyclic amines) is 1. The number of nitrogens with two attached hydrogens (primary N) is 1. The molecule has 2 aliphatic heterocycles. The highest BCUT2D eigenvalue weighted by molar-refractivity contribution is 5.93. The van der Waals surface area contributed by atoms with Gasteiger partial charge in [0.1, 0.15) is 17.3 Å². The first-order valence-electron chi connectivity index (χ1n) is 11.1. The van der Waals surface area contributed by atoms with E-state index in [1.54, 1.807) is 19.2 Å². The maximum atomic E-state index is 13.7. The number of carbonyl (C=O) groups excluding carboxylic acids is 2. The molecule has 7 nitrogen and oxygen atoms in total. The molecular weight excluding hydrogens is 428 g/mol. The van der Waals surface area contributed by atoms with Crippen molar-refractivity contribution >= 4 is 24.2 Å². The molecule has 2 amide bonds. The van der Waals surface area contributed by atoms with Gasteiger partial charge in [-0.1, -0.05) is 13.0 Å². The molecule has 3 rings (SSSR count). The highest BCUT2D eigenvalue weighted by Gasteiger charge is 2.35. The quantitative estimate of drug-likeness (QED) is 0.385. The maximum Gasteiger partial charge on any atom is 0.267 e. The Morgan fingerprint density at radius 3 is 2.45 bits per heavy atom. The van der Waals surface area contributed by atoms with Crippen LogP contribution in [0.4, 0.5) is 8.78 Å². The second-order valence-corrected chi connectivity index (χ2v) is 8.01. The molecule has 9 heteroatoms. The maximum absolute atomic E-state index is 13.7. The van der Waals surface area contributed by atoms with Gasteiger partial charge in [-0.2, -0.15) is 5.10 Å². The van der Waals surface area contributed by atoms with Crippen LogP contribution in [0, 0.1) is 17.6 Å². The molecule has 0 spiro atoms. The number of aliphatic imine (C=N–C) groups is 1. The second-order valence-electron chi connectivity index (χ2n) is 8.01. The zero-order chi connectivity index (χ0) is 24.0. The second kappa shape index (κ2) is 11.0. The van der Waals surface area contributed by atoms with Gasteiger partial charge >= 0.3 is 0 Å². The topological polar surface area (TPSA) is 91.4 Å². The molecule has 0 bridgehead atoms. The van der Waals surface area contributed by atoms with Gasteiger partial charge in [0.25, 0.3) is 5.91 Å². The SMILES string of the molecule is CC=N/C(=C\C(=C\CC)N1CCC(C(=O)N2N=CCC2c2cc(F)cc(F)c2)CC1)C(N)=O. The number of nitrogens with zero attached hydrogens (tertiary/aromatic N) is 4. The first-order valence-corrected chi connectivity index (χ1v) is 11.1. The van der Waals surface area contributed by atoms with E-state index in [1.165, 1.54) is 23.4 Å². The van der Waals surface area contributed by atoms with Crippen LogP contribution in [-0.2, 0) is 9.59 Å². The van der Waals surface area contributed by atoms with Crippen LogP contribution in [0.25, 0.3) is 0 Å². The third kappa shape index (κ3) is 5.91. The number of primary amides is 1. The molecule has 1 fully saturated rings. The van der Waals surface area contributed by atoms with E-state index in [9.17, 15) is 18.4 Å². The van der Waals surface area contributed by atoms with Gasteiger partial charge in [-0.05, 0) is 50.0 Å². The van der Waals surface area contributed by atoms with E-state index in [4.69, 9.17) is 5.73 Å². The third-order valence-electron chi connectivity index (χ3n) is 5.75. The van der Waals surface area contributed by atoms with Crippen molar-refractivity contribution in [2.75, 3.05) is 13.1 Å². The lowest BCUT2D eigenvalue weighted by molar-refractivity contribution is -0.138. The largest absolute Gasteiger partial charge is 0.372 e. The molecule has 176 valence electrons. The monoisotopic (exact) mass is 457 g/mol. The van der Waals surface area contributed by atoms with Crippen molar-refractivity contribution in [1.29, 1.82) is 0 Å². The first kappa shape index (κ1) is 24.3. The van der Waals surface area contributed by atoms with Gasteiger partial charge in [-0.25, -0.2) is 13.8 Å². The highest BCUT2D eigenvalue weighted by atomic mass is 19.1. The summed E-state index contributed by atoms with van der Waals surface area (Å²) in [6.07, 6.45) is 9.15. The van der Waals surface area contributed by atoms with Crippen LogP contribution in [0.15, 0.2) is 51.8 Å². The molecule has 1 saturated heterocycles. The summed E-state index contributed by atoms with van der Waals surface area (Å²) in [5.41, 5.74) is 6.84. The van der Waals surface area contributed by atoms with Gasteiger partial charge in [-0.3, -0.25) is 14.6 Å². The van der Waals surface area contributed by atoms with Gasteiger partial charge < -0.3 is 10.6 Å². The van der Waals surface area contributed by atoms with Crippen molar-refractivity contribution in [3.05, 3.63) is 58.9 Å². The standard InChI is InChI=1S/C24H29F2N5O2/c1-3-5-20(15-21(23(27)32)28-4-2)30-10-7-16(8-11-30)24(33)31-22(6-9-29-31)17-12-18(25)14-19(26)13-17/h4-5,9,12-16,22H,3,6-8,10-11H2,1-2H3,(H2,27,32)/b20-5-,21-15-,28-4?. The molecule has 0 aliphatic carbocycles. The Balaban J connectivity index is 1.70. The number of carbonyl (C=O) groups is 2. The van der Waals surface area contributed by atoms with Gasteiger partial charge in [0.05, 0.1) is 6.04 Å². The van der Waals surface area contributed by atoms with Crippen molar-refractivity contribution in [2.45, 2.75) is 45.6 Å². The van der Waals surface area contributed by atoms with Gasteiger partial charge in [0.15, 0.2) is 0 Å². The van der Waals surface area contributed by atoms with E-state index in [0.717, 1.165) is 18.2 Å². The zero-order valence-corrected chi connectivity index (χ0v) is 18.9. The molecule has 1 unspecified atom stereocenters. The van der Waals surface area contributed by atoms with E-state index in [1.807, 2.05) is 13.0 Å². The van der Waals surface area contributed by atoms with Crippen LogP contribution in [-0.4, -0.2) is 47.2 Å². The van der Waals surface area contributed by atoms with Crippen molar-refractivity contribution in [3.63, 3.8) is 0 Å². The molecule has 0 aromatic heterocycles. The molecular formula is C24H29F2N5O2. The average Bonchev–Trinajstić information content (AvgIpc) is 3.27. The fraction of sp³-hybridized carbons (Fsp3) is 0.417. The number of halogens is 2. The first-order chi connectivity index (χ1) is 15.8. The van der Waals surface area contributed by atoms with Crippen LogP contribution in [0.1, 0.15) is 51.1 Å². The summed E-state index contributed by atoms with van der Waals surface area (Å²) in [6.45, 7) is 4.93. The summed E-state index contributed by atoms with van der Waals surface area (Å²) in [7, 11) is 0. The molecule has 1 aromatic rings. The number of hydrogen-bond donors (Lipinski definition) is 1. The van der Waals surface area contributed by atoms with Crippen LogP contribution in [0.3, 0.4) is 0 Å². The third-order valence-corrected chi connectivity index (χ3v) is 5.75. The molecule has 0 radical (unpaired) electrons. The Morgan fingerprint density at radius 2 is 1.88 bits per heavy atom. The normalized spacial score (nSPS) is 20.2. The van der Waals surface area contributed by atoms with Gasteiger partial charge in [-0.15, -0.1) is 0 Å². The summed E-state index contributed by atoms with van der Waals surface area (Å²) in [5, 5.41) is 5.56. The van der Waals surface area contributed by atoms with E-state index in [2.05, 4.69) is 15.0 Å². The Morgan fingerprint density at radius 1 is 1.21 bits per heavy atom. The predicted octanol–water partition coefficient (Wildman–Crippen LogP) is 3.69. The Bertz CT molecular complexity index is 990. The van der Waals surface area contributed by atoms with Crippen molar-refractivity contribution < 1.29 is 18.4 Å². The van der Waals surface area contributed by atoms with Crippen LogP contribution in [0.5, 0.6) is 0 Å². The molecule has 1 aromatic carbocycles. The summed E-state index contributed by atoms with van der Waals surface area (Å²) in [4.78, 5) is 31.0. The number of rotatable bonds is 7. The van der Waals surface area contributed by atoms with Gasteiger partial charge in [0.2, 0.25) is 5.91 Å². The number of piperidine rings is 1. The number of benzene rings is 1. The van der Waals surface area contributed by atoms with E-state index in [0.29, 0.717) is 37.9 Å². The van der Waals surface area contributed by atoms with Crippen LogP contribution >= 0.6 is 0 Å².